The topological polar surface area (TPSA) is 12.0 Å². The van der Waals surface area contributed by atoms with Crippen LogP contribution >= 0.6 is 38.6 Å². The molecule has 1 N–H and O–H groups in total. The second-order valence-electron chi connectivity index (χ2n) is 5.02. The highest BCUT2D eigenvalue weighted by Crippen LogP contribution is 2.39. The van der Waals surface area contributed by atoms with E-state index in [1.165, 1.54) is 33.5 Å². The van der Waals surface area contributed by atoms with E-state index in [0.29, 0.717) is 12.1 Å². The number of aryl methyl sites for hydroxylation is 1. The van der Waals surface area contributed by atoms with Gasteiger partial charge in [-0.05, 0) is 64.7 Å². The Labute approximate surface area is 131 Å². The Hall–Kier alpha value is -0.160. The van der Waals surface area contributed by atoms with Gasteiger partial charge in [0.15, 0.2) is 0 Å². The monoisotopic (exact) mass is 355 g/mol. The third-order valence-electron chi connectivity index (χ3n) is 3.78. The molecule has 0 saturated carbocycles. The van der Waals surface area contributed by atoms with Gasteiger partial charge in [0.2, 0.25) is 0 Å². The van der Waals surface area contributed by atoms with Gasteiger partial charge in [-0.25, -0.2) is 0 Å². The molecule has 2 aromatic rings. The van der Waals surface area contributed by atoms with Crippen molar-refractivity contribution in [2.75, 3.05) is 0 Å². The number of hydrogen-bond acceptors (Lipinski definition) is 3. The molecule has 2 atom stereocenters. The van der Waals surface area contributed by atoms with Gasteiger partial charge in [-0.2, -0.15) is 0 Å². The molecular formula is C15H18BrNS2. The van der Waals surface area contributed by atoms with Crippen molar-refractivity contribution in [2.24, 2.45) is 0 Å². The molecule has 1 aliphatic rings. The normalized spacial score (nSPS) is 20.2. The zero-order chi connectivity index (χ0) is 13.2. The van der Waals surface area contributed by atoms with Gasteiger partial charge in [0.1, 0.15) is 0 Å². The first kappa shape index (κ1) is 13.8. The van der Waals surface area contributed by atoms with Crippen LogP contribution in [0.3, 0.4) is 0 Å². The second kappa shape index (κ2) is 6.08. The van der Waals surface area contributed by atoms with Crippen molar-refractivity contribution in [2.45, 2.75) is 44.7 Å². The molecule has 1 nitrogen and oxygen atoms in total. The third-order valence-corrected chi connectivity index (χ3v) is 6.48. The minimum absolute atomic E-state index is 0.495. The summed E-state index contributed by atoms with van der Waals surface area (Å²) in [5.74, 6) is 0. The summed E-state index contributed by atoms with van der Waals surface area (Å²) < 4.78 is 1.27. The summed E-state index contributed by atoms with van der Waals surface area (Å²) in [5.41, 5.74) is 1.53. The van der Waals surface area contributed by atoms with Crippen molar-refractivity contribution in [3.05, 3.63) is 42.7 Å². The molecule has 1 aliphatic carbocycles. The summed E-state index contributed by atoms with van der Waals surface area (Å²) in [5, 5.41) is 6.05. The van der Waals surface area contributed by atoms with Crippen LogP contribution in [0, 0.1) is 0 Å². The number of thiophene rings is 2. The summed E-state index contributed by atoms with van der Waals surface area (Å²) in [6.07, 6.45) is 4.97. The molecule has 0 saturated heterocycles. The van der Waals surface area contributed by atoms with Crippen LogP contribution in [0.15, 0.2) is 27.4 Å². The summed E-state index contributed by atoms with van der Waals surface area (Å²) >= 11 is 7.40. The second-order valence-corrected chi connectivity index (χ2v) is 8.51. The predicted octanol–water partition coefficient (Wildman–Crippen LogP) is 5.69. The van der Waals surface area contributed by atoms with Crippen LogP contribution in [-0.4, -0.2) is 0 Å². The van der Waals surface area contributed by atoms with Gasteiger partial charge < -0.3 is 5.32 Å². The molecule has 2 unspecified atom stereocenters. The SMILES string of the molecule is CCC(NC1CCCc2sc(Br)cc21)c1cccs1. The molecule has 0 spiro atoms. The zero-order valence-corrected chi connectivity index (χ0v) is 14.2. The quantitative estimate of drug-likeness (QED) is 0.742. The number of fused-ring (bicyclic) bond motifs is 1. The van der Waals surface area contributed by atoms with Crippen molar-refractivity contribution >= 4 is 38.6 Å². The van der Waals surface area contributed by atoms with E-state index < -0.39 is 0 Å². The first-order chi connectivity index (χ1) is 9.28. The first-order valence-electron chi connectivity index (χ1n) is 6.85. The van der Waals surface area contributed by atoms with E-state index in [4.69, 9.17) is 0 Å². The van der Waals surface area contributed by atoms with Gasteiger partial charge in [0.05, 0.1) is 3.79 Å². The summed E-state index contributed by atoms with van der Waals surface area (Å²) in [4.78, 5) is 3.03. The molecule has 0 amide bonds. The average molecular weight is 356 g/mol. The van der Waals surface area contributed by atoms with Crippen molar-refractivity contribution in [3.8, 4) is 0 Å². The maximum absolute atomic E-state index is 3.87. The van der Waals surface area contributed by atoms with Gasteiger partial charge in [0.25, 0.3) is 0 Å². The molecule has 102 valence electrons. The lowest BCUT2D eigenvalue weighted by Crippen LogP contribution is -2.27. The maximum atomic E-state index is 3.87. The fraction of sp³-hybridized carbons (Fsp3) is 0.467. The predicted molar refractivity (Wildman–Crippen MR) is 88.2 cm³/mol. The molecule has 2 aromatic heterocycles. The van der Waals surface area contributed by atoms with Crippen LogP contribution in [0.5, 0.6) is 0 Å². The largest absolute Gasteiger partial charge is 0.302 e. The summed E-state index contributed by atoms with van der Waals surface area (Å²) in [7, 11) is 0. The average Bonchev–Trinajstić information content (AvgIpc) is 3.03. The number of hydrogen-bond donors (Lipinski definition) is 1. The van der Waals surface area contributed by atoms with Crippen molar-refractivity contribution < 1.29 is 0 Å². The Balaban J connectivity index is 1.80. The van der Waals surface area contributed by atoms with Gasteiger partial charge >= 0.3 is 0 Å². The van der Waals surface area contributed by atoms with Crippen molar-refractivity contribution in [1.29, 1.82) is 0 Å². The summed E-state index contributed by atoms with van der Waals surface area (Å²) in [6.45, 7) is 2.27. The molecule has 19 heavy (non-hydrogen) atoms. The molecule has 0 radical (unpaired) electrons. The Morgan fingerprint density at radius 3 is 3.16 bits per heavy atom. The van der Waals surface area contributed by atoms with Crippen LogP contribution in [0.25, 0.3) is 0 Å². The van der Waals surface area contributed by atoms with E-state index in [2.05, 4.69) is 51.7 Å². The van der Waals surface area contributed by atoms with Crippen LogP contribution in [0.1, 0.15) is 53.6 Å². The fourth-order valence-corrected chi connectivity index (χ4v) is 5.52. The summed E-state index contributed by atoms with van der Waals surface area (Å²) in [6, 6.07) is 7.74. The third kappa shape index (κ3) is 2.97. The van der Waals surface area contributed by atoms with E-state index in [-0.39, 0.29) is 0 Å². The molecule has 0 aliphatic heterocycles. The highest BCUT2D eigenvalue weighted by molar-refractivity contribution is 9.11. The first-order valence-corrected chi connectivity index (χ1v) is 9.34. The zero-order valence-electron chi connectivity index (χ0n) is 11.0. The van der Waals surface area contributed by atoms with Gasteiger partial charge in [-0.15, -0.1) is 22.7 Å². The number of rotatable bonds is 4. The van der Waals surface area contributed by atoms with Crippen LogP contribution in [0.4, 0.5) is 0 Å². The molecule has 2 heterocycles. The highest BCUT2D eigenvalue weighted by atomic mass is 79.9. The number of nitrogens with one attached hydrogen (secondary N) is 1. The minimum atomic E-state index is 0.495. The smallest absolute Gasteiger partial charge is 0.0704 e. The van der Waals surface area contributed by atoms with Crippen LogP contribution in [-0.2, 0) is 6.42 Å². The molecule has 0 bridgehead atoms. The maximum Gasteiger partial charge on any atom is 0.0704 e. The van der Waals surface area contributed by atoms with E-state index >= 15 is 0 Å². The molecule has 3 rings (SSSR count). The van der Waals surface area contributed by atoms with E-state index in [1.807, 2.05) is 22.7 Å². The van der Waals surface area contributed by atoms with Gasteiger partial charge in [-0.1, -0.05) is 13.0 Å². The van der Waals surface area contributed by atoms with E-state index in [9.17, 15) is 0 Å². The van der Waals surface area contributed by atoms with Crippen LogP contribution in [0.2, 0.25) is 0 Å². The molecule has 0 fully saturated rings. The Kier molecular flexibility index (Phi) is 4.42. The fourth-order valence-electron chi connectivity index (χ4n) is 2.83. The Morgan fingerprint density at radius 2 is 2.42 bits per heavy atom. The van der Waals surface area contributed by atoms with E-state index in [1.54, 1.807) is 4.88 Å². The lowest BCUT2D eigenvalue weighted by atomic mass is 9.93. The molecular weight excluding hydrogens is 338 g/mol. The van der Waals surface area contributed by atoms with Crippen LogP contribution < -0.4 is 5.32 Å². The molecule has 0 aromatic carbocycles. The molecule has 4 heteroatoms. The Morgan fingerprint density at radius 1 is 1.53 bits per heavy atom. The van der Waals surface area contributed by atoms with Gasteiger partial charge in [-0.3, -0.25) is 0 Å². The number of halogens is 1. The lowest BCUT2D eigenvalue weighted by molar-refractivity contribution is 0.399. The standard InChI is InChI=1S/C15H18BrNS2/c1-2-11(14-7-4-8-18-14)17-12-5-3-6-13-10(12)9-15(16)19-13/h4,7-9,11-12,17H,2-3,5-6H2,1H3. The highest BCUT2D eigenvalue weighted by Gasteiger charge is 2.25. The van der Waals surface area contributed by atoms with Crippen molar-refractivity contribution in [1.82, 2.24) is 5.32 Å². The van der Waals surface area contributed by atoms with Gasteiger partial charge in [0, 0.05) is 21.8 Å². The minimum Gasteiger partial charge on any atom is -0.302 e. The van der Waals surface area contributed by atoms with Crippen molar-refractivity contribution in [3.63, 3.8) is 0 Å². The lowest BCUT2D eigenvalue weighted by Gasteiger charge is -2.28. The Bertz CT molecular complexity index is 532. The van der Waals surface area contributed by atoms with E-state index in [0.717, 1.165) is 6.42 Å².